The Kier molecular flexibility index (Phi) is 9.12. The molecule has 0 aliphatic carbocycles. The first-order valence-electron chi connectivity index (χ1n) is 12.0. The molecule has 178 valence electrons. The smallest absolute Gasteiger partial charge is 0.253 e. The van der Waals surface area contributed by atoms with Crippen molar-refractivity contribution in [1.82, 2.24) is 19.6 Å². The molecule has 0 spiro atoms. The summed E-state index contributed by atoms with van der Waals surface area (Å²) in [4.78, 5) is 29.7. The summed E-state index contributed by atoms with van der Waals surface area (Å²) in [5.41, 5.74) is 2.35. The molecule has 0 unspecified atom stereocenters. The monoisotopic (exact) mass is 470 g/mol. The fourth-order valence-corrected chi connectivity index (χ4v) is 4.64. The normalized spacial score (nSPS) is 14.7. The van der Waals surface area contributed by atoms with Crippen LogP contribution in [0.15, 0.2) is 36.4 Å². The number of hydrogen-bond acceptors (Lipinski definition) is 3. The zero-order chi connectivity index (χ0) is 23.8. The average molecular weight is 471 g/mol. The highest BCUT2D eigenvalue weighted by atomic mass is 35.5. The van der Waals surface area contributed by atoms with Gasteiger partial charge in [-0.05, 0) is 50.8 Å². The molecular formula is C26H35ClN4O2. The number of halogens is 1. The largest absolute Gasteiger partial charge is 0.338 e. The number of carbonyl (C=O) groups excluding carboxylic acids is 2. The Bertz CT molecular complexity index is 962. The number of amides is 2. The van der Waals surface area contributed by atoms with Gasteiger partial charge in [-0.2, -0.15) is 5.10 Å². The number of aryl methyl sites for hydroxylation is 2. The van der Waals surface area contributed by atoms with E-state index in [0.717, 1.165) is 49.9 Å². The highest BCUT2D eigenvalue weighted by Crippen LogP contribution is 2.23. The number of nitrogens with zero attached hydrogens (tertiary/aromatic N) is 4. The van der Waals surface area contributed by atoms with E-state index in [-0.39, 0.29) is 17.9 Å². The van der Waals surface area contributed by atoms with Gasteiger partial charge in [0.25, 0.3) is 5.91 Å². The van der Waals surface area contributed by atoms with Crippen LogP contribution >= 0.6 is 11.6 Å². The van der Waals surface area contributed by atoms with Crippen LogP contribution in [0.3, 0.4) is 0 Å². The quantitative estimate of drug-likeness (QED) is 0.473. The van der Waals surface area contributed by atoms with E-state index >= 15 is 0 Å². The van der Waals surface area contributed by atoms with E-state index in [1.165, 1.54) is 0 Å². The van der Waals surface area contributed by atoms with Crippen LogP contribution in [0.5, 0.6) is 0 Å². The first-order valence-corrected chi connectivity index (χ1v) is 12.4. The molecule has 0 atom stereocenters. The molecule has 1 aromatic carbocycles. The molecule has 0 radical (unpaired) electrons. The zero-order valence-electron chi connectivity index (χ0n) is 20.0. The summed E-state index contributed by atoms with van der Waals surface area (Å²) in [5, 5.41) is 5.10. The van der Waals surface area contributed by atoms with Gasteiger partial charge in [0.05, 0.1) is 5.69 Å². The van der Waals surface area contributed by atoms with Crippen molar-refractivity contribution in [3.8, 4) is 0 Å². The highest BCUT2D eigenvalue weighted by Gasteiger charge is 2.29. The first kappa shape index (κ1) is 25.0. The van der Waals surface area contributed by atoms with E-state index in [1.54, 1.807) is 12.2 Å². The molecule has 3 rings (SSSR count). The Hall–Kier alpha value is -2.60. The molecule has 33 heavy (non-hydrogen) atoms. The molecule has 1 saturated heterocycles. The fraction of sp³-hybridized carbons (Fsp3) is 0.500. The first-order chi connectivity index (χ1) is 16.0. The van der Waals surface area contributed by atoms with Crippen molar-refractivity contribution >= 4 is 29.5 Å². The molecule has 1 fully saturated rings. The lowest BCUT2D eigenvalue weighted by atomic mass is 10.0. The predicted molar refractivity (Wildman–Crippen MR) is 133 cm³/mol. The Morgan fingerprint density at radius 2 is 1.85 bits per heavy atom. The van der Waals surface area contributed by atoms with Gasteiger partial charge in [-0.1, -0.05) is 50.1 Å². The zero-order valence-corrected chi connectivity index (χ0v) is 20.7. The lowest BCUT2D eigenvalue weighted by Crippen LogP contribution is -2.48. The molecule has 0 saturated carbocycles. The van der Waals surface area contributed by atoms with Crippen LogP contribution in [0.25, 0.3) is 6.08 Å². The molecule has 0 N–H and O–H groups in total. The lowest BCUT2D eigenvalue weighted by molar-refractivity contribution is -0.129. The standard InChI is InChI=1S/C26H35ClN4O2/c1-4-6-17-31-25(27)23(20(3)28-31)12-13-24(32)30(16-5-2)22-14-18-29(19-15-22)26(33)21-10-8-7-9-11-21/h7-13,22H,4-6,14-19H2,1-3H3/b13-12+. The van der Waals surface area contributed by atoms with Crippen molar-refractivity contribution in [3.63, 3.8) is 0 Å². The summed E-state index contributed by atoms with van der Waals surface area (Å²) in [6.07, 6.45) is 7.96. The van der Waals surface area contributed by atoms with Crippen LogP contribution in [-0.4, -0.2) is 57.1 Å². The summed E-state index contributed by atoms with van der Waals surface area (Å²) in [7, 11) is 0. The number of aromatic nitrogens is 2. The second-order valence-corrected chi connectivity index (χ2v) is 8.98. The molecule has 6 nitrogen and oxygen atoms in total. The Labute approximate surface area is 202 Å². The van der Waals surface area contributed by atoms with Crippen LogP contribution in [-0.2, 0) is 11.3 Å². The molecular weight excluding hydrogens is 436 g/mol. The van der Waals surface area contributed by atoms with E-state index in [4.69, 9.17) is 11.6 Å². The predicted octanol–water partition coefficient (Wildman–Crippen LogP) is 5.20. The minimum Gasteiger partial charge on any atom is -0.338 e. The number of rotatable bonds is 9. The molecule has 2 amide bonds. The Morgan fingerprint density at radius 3 is 2.48 bits per heavy atom. The van der Waals surface area contributed by atoms with Gasteiger partial charge in [0.15, 0.2) is 0 Å². The van der Waals surface area contributed by atoms with Crippen molar-refractivity contribution in [2.24, 2.45) is 0 Å². The van der Waals surface area contributed by atoms with E-state index in [9.17, 15) is 9.59 Å². The van der Waals surface area contributed by atoms with Gasteiger partial charge >= 0.3 is 0 Å². The SMILES string of the molecule is CCCCn1nc(C)c(/C=C/C(=O)N(CCC)C2CCN(C(=O)c3ccccc3)CC2)c1Cl. The van der Waals surface area contributed by atoms with Gasteiger partial charge in [0.2, 0.25) is 5.91 Å². The van der Waals surface area contributed by atoms with Gasteiger partial charge in [-0.15, -0.1) is 0 Å². The van der Waals surface area contributed by atoms with Crippen molar-refractivity contribution in [3.05, 3.63) is 58.4 Å². The highest BCUT2D eigenvalue weighted by molar-refractivity contribution is 6.31. The van der Waals surface area contributed by atoms with Crippen LogP contribution < -0.4 is 0 Å². The summed E-state index contributed by atoms with van der Waals surface area (Å²) < 4.78 is 1.81. The number of unbranched alkanes of at least 4 members (excludes halogenated alkanes) is 1. The number of benzene rings is 1. The minimum atomic E-state index is -0.0125. The van der Waals surface area contributed by atoms with Gasteiger partial charge in [-0.25, -0.2) is 0 Å². The van der Waals surface area contributed by atoms with E-state index < -0.39 is 0 Å². The van der Waals surface area contributed by atoms with E-state index in [0.29, 0.717) is 30.4 Å². The van der Waals surface area contributed by atoms with Crippen LogP contribution in [0.2, 0.25) is 5.15 Å². The van der Waals surface area contributed by atoms with Crippen molar-refractivity contribution < 1.29 is 9.59 Å². The third-order valence-electron chi connectivity index (χ3n) is 6.19. The Morgan fingerprint density at radius 1 is 1.15 bits per heavy atom. The third kappa shape index (κ3) is 6.26. The topological polar surface area (TPSA) is 58.4 Å². The maximum atomic E-state index is 13.1. The summed E-state index contributed by atoms with van der Waals surface area (Å²) in [6.45, 7) is 8.92. The molecule has 2 aromatic rings. The maximum absolute atomic E-state index is 13.1. The molecule has 1 aromatic heterocycles. The van der Waals surface area contributed by atoms with E-state index in [1.807, 2.05) is 51.7 Å². The number of likely N-dealkylation sites (tertiary alicyclic amines) is 1. The lowest BCUT2D eigenvalue weighted by Gasteiger charge is -2.38. The maximum Gasteiger partial charge on any atom is 0.253 e. The van der Waals surface area contributed by atoms with Crippen molar-refractivity contribution in [2.45, 2.75) is 65.5 Å². The number of carbonyl (C=O) groups is 2. The van der Waals surface area contributed by atoms with Crippen molar-refractivity contribution in [2.75, 3.05) is 19.6 Å². The van der Waals surface area contributed by atoms with E-state index in [2.05, 4.69) is 18.9 Å². The third-order valence-corrected chi connectivity index (χ3v) is 6.58. The number of hydrogen-bond donors (Lipinski definition) is 0. The molecule has 1 aliphatic rings. The average Bonchev–Trinajstić information content (AvgIpc) is 3.12. The minimum absolute atomic E-state index is 0.0125. The molecule has 0 bridgehead atoms. The van der Waals surface area contributed by atoms with Crippen LogP contribution in [0, 0.1) is 6.92 Å². The van der Waals surface area contributed by atoms with Gasteiger partial charge in [-0.3, -0.25) is 14.3 Å². The fourth-order valence-electron chi connectivity index (χ4n) is 4.32. The second-order valence-electron chi connectivity index (χ2n) is 8.62. The molecule has 1 aliphatic heterocycles. The molecule has 2 heterocycles. The van der Waals surface area contributed by atoms with Crippen LogP contribution in [0.1, 0.15) is 67.6 Å². The van der Waals surface area contributed by atoms with Crippen LogP contribution in [0.4, 0.5) is 0 Å². The van der Waals surface area contributed by atoms with Gasteiger partial charge in [0.1, 0.15) is 5.15 Å². The summed E-state index contributed by atoms with van der Waals surface area (Å²) in [6, 6.07) is 9.51. The Balaban J connectivity index is 1.64. The summed E-state index contributed by atoms with van der Waals surface area (Å²) >= 11 is 6.52. The second kappa shape index (κ2) is 12.0. The van der Waals surface area contributed by atoms with Crippen molar-refractivity contribution in [1.29, 1.82) is 0 Å². The summed E-state index contributed by atoms with van der Waals surface area (Å²) in [5.74, 6) is 0.0500. The van der Waals surface area contributed by atoms with Gasteiger partial charge in [0, 0.05) is 49.4 Å². The van der Waals surface area contributed by atoms with Gasteiger partial charge < -0.3 is 9.80 Å². The number of piperidine rings is 1. The molecule has 7 heteroatoms.